The molecule has 0 atom stereocenters. The highest BCUT2D eigenvalue weighted by Gasteiger charge is 2.18. The molecule has 1 aromatic rings. The second kappa shape index (κ2) is 12.4. The summed E-state index contributed by atoms with van der Waals surface area (Å²) in [5.74, 6) is -0.175. The van der Waals surface area contributed by atoms with Crippen LogP contribution in [-0.4, -0.2) is 79.2 Å². The van der Waals surface area contributed by atoms with Gasteiger partial charge in [-0.15, -0.1) is 0 Å². The molecule has 0 bridgehead atoms. The first-order chi connectivity index (χ1) is 13.6. The third-order valence-corrected chi connectivity index (χ3v) is 4.91. The number of carbonyl (C=O) groups is 2. The lowest BCUT2D eigenvalue weighted by Crippen LogP contribution is -3.14. The van der Waals surface area contributed by atoms with Crippen molar-refractivity contribution >= 4 is 11.8 Å². The summed E-state index contributed by atoms with van der Waals surface area (Å²) in [6.07, 6.45) is 6.24. The zero-order valence-corrected chi connectivity index (χ0v) is 17.2. The number of aryl methyl sites for hydroxylation is 1. The van der Waals surface area contributed by atoms with Crippen molar-refractivity contribution in [3.63, 3.8) is 0 Å². The van der Waals surface area contributed by atoms with E-state index in [9.17, 15) is 9.59 Å². The van der Waals surface area contributed by atoms with Crippen LogP contribution in [0.5, 0.6) is 0 Å². The molecule has 0 unspecified atom stereocenters. The summed E-state index contributed by atoms with van der Waals surface area (Å²) in [7, 11) is 0. The molecule has 1 aromatic heterocycles. The summed E-state index contributed by atoms with van der Waals surface area (Å²) in [6, 6.07) is 0. The molecule has 28 heavy (non-hydrogen) atoms. The fourth-order valence-electron chi connectivity index (χ4n) is 3.13. The van der Waals surface area contributed by atoms with E-state index in [2.05, 4.69) is 22.2 Å². The molecule has 0 aromatic carbocycles. The second-order valence-electron chi connectivity index (χ2n) is 7.25. The first-order valence-corrected chi connectivity index (χ1v) is 10.4. The summed E-state index contributed by atoms with van der Waals surface area (Å²) in [5, 5.41) is 2.97. The van der Waals surface area contributed by atoms with Crippen LogP contribution >= 0.6 is 0 Å². The van der Waals surface area contributed by atoms with Gasteiger partial charge in [-0.2, -0.15) is 0 Å². The van der Waals surface area contributed by atoms with Crippen LogP contribution in [0.2, 0.25) is 0 Å². The van der Waals surface area contributed by atoms with E-state index in [1.807, 2.05) is 6.92 Å². The van der Waals surface area contributed by atoms with E-state index >= 15 is 0 Å². The van der Waals surface area contributed by atoms with Gasteiger partial charge in [0.2, 0.25) is 5.91 Å². The molecular weight excluding hydrogens is 358 g/mol. The van der Waals surface area contributed by atoms with E-state index in [-0.39, 0.29) is 11.8 Å². The number of hydrogen-bond donors (Lipinski definition) is 2. The second-order valence-corrected chi connectivity index (χ2v) is 7.25. The van der Waals surface area contributed by atoms with Gasteiger partial charge in [-0.1, -0.05) is 13.3 Å². The van der Waals surface area contributed by atoms with Crippen LogP contribution in [-0.2, 0) is 9.53 Å². The molecule has 1 fully saturated rings. The van der Waals surface area contributed by atoms with Crippen molar-refractivity contribution in [1.29, 1.82) is 0 Å². The summed E-state index contributed by atoms with van der Waals surface area (Å²) in [6.45, 7) is 10.4. The van der Waals surface area contributed by atoms with Crippen LogP contribution in [0.25, 0.3) is 0 Å². The van der Waals surface area contributed by atoms with Gasteiger partial charge < -0.3 is 19.9 Å². The van der Waals surface area contributed by atoms with Crippen LogP contribution < -0.4 is 10.2 Å². The molecule has 0 aliphatic carbocycles. The summed E-state index contributed by atoms with van der Waals surface area (Å²) in [4.78, 5) is 36.4. The van der Waals surface area contributed by atoms with Gasteiger partial charge >= 0.3 is 0 Å². The number of amides is 2. The Bertz CT molecular complexity index is 602. The van der Waals surface area contributed by atoms with Crippen LogP contribution in [0.1, 0.15) is 48.8 Å². The van der Waals surface area contributed by atoms with Gasteiger partial charge in [-0.25, -0.2) is 4.98 Å². The number of ether oxygens (including phenoxy) is 1. The number of unbranched alkanes of at least 4 members (excludes halogenated alkanes) is 1. The molecular formula is C20H34N5O3+. The number of nitrogens with zero attached hydrogens (tertiary/aromatic N) is 3. The number of aromatic nitrogens is 2. The van der Waals surface area contributed by atoms with Gasteiger partial charge in [-0.05, 0) is 13.3 Å². The number of carbonyl (C=O) groups excluding carboxylic acids is 2. The average Bonchev–Trinajstić information content (AvgIpc) is 2.72. The zero-order chi connectivity index (χ0) is 20.2. The number of hydrogen-bond acceptors (Lipinski definition) is 5. The van der Waals surface area contributed by atoms with Gasteiger partial charge in [0.1, 0.15) is 18.8 Å². The molecule has 1 aliphatic heterocycles. The maximum absolute atomic E-state index is 12.7. The predicted octanol–water partition coefficient (Wildman–Crippen LogP) is -0.161. The topological polar surface area (TPSA) is 88.9 Å². The molecule has 2 N–H and O–H groups in total. The van der Waals surface area contributed by atoms with E-state index in [4.69, 9.17) is 4.74 Å². The third kappa shape index (κ3) is 7.90. The van der Waals surface area contributed by atoms with E-state index in [1.54, 1.807) is 11.1 Å². The Morgan fingerprint density at radius 2 is 1.96 bits per heavy atom. The smallest absolute Gasteiger partial charge is 0.274 e. The largest absolute Gasteiger partial charge is 0.370 e. The minimum atomic E-state index is -0.162. The van der Waals surface area contributed by atoms with Gasteiger partial charge in [0.25, 0.3) is 5.91 Å². The maximum atomic E-state index is 12.7. The molecule has 1 saturated heterocycles. The Morgan fingerprint density at radius 3 is 2.64 bits per heavy atom. The molecule has 2 heterocycles. The molecule has 8 nitrogen and oxygen atoms in total. The summed E-state index contributed by atoms with van der Waals surface area (Å²) in [5.41, 5.74) is 1.10. The fourth-order valence-corrected chi connectivity index (χ4v) is 3.13. The first kappa shape index (κ1) is 22.2. The number of morpholine rings is 1. The normalized spacial score (nSPS) is 14.6. The van der Waals surface area contributed by atoms with Crippen molar-refractivity contribution in [2.75, 3.05) is 52.5 Å². The zero-order valence-electron chi connectivity index (χ0n) is 17.2. The quantitative estimate of drug-likeness (QED) is 0.511. The van der Waals surface area contributed by atoms with Crippen LogP contribution in [0.15, 0.2) is 12.4 Å². The Hall–Kier alpha value is -2.06. The van der Waals surface area contributed by atoms with Crippen LogP contribution in [0.4, 0.5) is 0 Å². The van der Waals surface area contributed by atoms with Crippen LogP contribution in [0, 0.1) is 6.92 Å². The Balaban J connectivity index is 1.72. The summed E-state index contributed by atoms with van der Waals surface area (Å²) < 4.78 is 5.35. The maximum Gasteiger partial charge on any atom is 0.274 e. The van der Waals surface area contributed by atoms with Crippen molar-refractivity contribution in [3.05, 3.63) is 23.8 Å². The molecule has 156 valence electrons. The van der Waals surface area contributed by atoms with Gasteiger partial charge in [0.05, 0.1) is 31.6 Å². The van der Waals surface area contributed by atoms with Crippen molar-refractivity contribution in [2.24, 2.45) is 0 Å². The van der Waals surface area contributed by atoms with Crippen LogP contribution in [0.3, 0.4) is 0 Å². The summed E-state index contributed by atoms with van der Waals surface area (Å²) >= 11 is 0. The lowest BCUT2D eigenvalue weighted by atomic mass is 10.2. The van der Waals surface area contributed by atoms with E-state index in [1.165, 1.54) is 11.1 Å². The molecule has 8 heteroatoms. The highest BCUT2D eigenvalue weighted by atomic mass is 16.5. The Kier molecular flexibility index (Phi) is 9.85. The molecule has 0 saturated carbocycles. The van der Waals surface area contributed by atoms with Gasteiger partial charge in [0.15, 0.2) is 0 Å². The molecule has 0 radical (unpaired) electrons. The standard InChI is InChI=1S/C20H33N5O3/c1-3-4-9-25(20(27)18-16-22-17(2)15-23-18)10-6-19(26)21-7-5-8-24-11-13-28-14-12-24/h15-16H,3-14H2,1-2H3,(H,21,26)/p+1. The van der Waals surface area contributed by atoms with Crippen molar-refractivity contribution < 1.29 is 19.2 Å². The fraction of sp³-hybridized carbons (Fsp3) is 0.700. The highest BCUT2D eigenvalue weighted by Crippen LogP contribution is 2.05. The third-order valence-electron chi connectivity index (χ3n) is 4.91. The van der Waals surface area contributed by atoms with Crippen molar-refractivity contribution in [3.8, 4) is 0 Å². The number of nitrogens with one attached hydrogen (secondary N) is 2. The van der Waals surface area contributed by atoms with Crippen molar-refractivity contribution in [2.45, 2.75) is 39.5 Å². The van der Waals surface area contributed by atoms with E-state index in [0.29, 0.717) is 31.7 Å². The minimum absolute atomic E-state index is 0.0127. The number of rotatable bonds is 11. The molecule has 2 rings (SSSR count). The average molecular weight is 393 g/mol. The van der Waals surface area contributed by atoms with E-state index in [0.717, 1.165) is 57.8 Å². The lowest BCUT2D eigenvalue weighted by Gasteiger charge is -2.23. The Labute approximate surface area is 167 Å². The van der Waals surface area contributed by atoms with Crippen molar-refractivity contribution in [1.82, 2.24) is 20.2 Å². The predicted molar refractivity (Wildman–Crippen MR) is 106 cm³/mol. The number of quaternary nitrogens is 1. The Morgan fingerprint density at radius 1 is 1.18 bits per heavy atom. The molecule has 0 spiro atoms. The van der Waals surface area contributed by atoms with Gasteiger partial charge in [-0.3, -0.25) is 14.6 Å². The minimum Gasteiger partial charge on any atom is -0.370 e. The first-order valence-electron chi connectivity index (χ1n) is 10.4. The van der Waals surface area contributed by atoms with Gasteiger partial charge in [0, 0.05) is 38.7 Å². The molecule has 1 aliphatic rings. The molecule has 2 amide bonds. The monoisotopic (exact) mass is 392 g/mol. The van der Waals surface area contributed by atoms with E-state index < -0.39 is 0 Å². The SMILES string of the molecule is CCCCN(CCC(=O)NCCC[NH+]1CCOCC1)C(=O)c1cnc(C)cn1. The lowest BCUT2D eigenvalue weighted by molar-refractivity contribution is -0.908. The highest BCUT2D eigenvalue weighted by molar-refractivity contribution is 5.92.